The van der Waals surface area contributed by atoms with E-state index >= 15 is 0 Å². The molecule has 0 aromatic rings. The Morgan fingerprint density at radius 3 is 1.50 bits per heavy atom. The molecule has 0 aromatic heterocycles. The van der Waals surface area contributed by atoms with Gasteiger partial charge in [-0.3, -0.25) is 25.0 Å². The first kappa shape index (κ1) is 14.5. The number of hydrogen-bond acceptors (Lipinski definition) is 5. The van der Waals surface area contributed by atoms with E-state index < -0.39 is 9.85 Å². The molecule has 0 aromatic carbocycles. The fourth-order valence-corrected chi connectivity index (χ4v) is 1.25. The first-order valence-electron chi connectivity index (χ1n) is 5.27. The second-order valence-electron chi connectivity index (χ2n) is 3.57. The van der Waals surface area contributed by atoms with Gasteiger partial charge in [0.1, 0.15) is 5.78 Å². The largest absolute Gasteiger partial charge is 0.300 e. The van der Waals surface area contributed by atoms with Crippen molar-refractivity contribution in [3.05, 3.63) is 20.2 Å². The number of rotatable bonds is 10. The molecule has 0 aliphatic heterocycles. The molecule has 0 unspecified atom stereocenters. The molecule has 0 amide bonds. The van der Waals surface area contributed by atoms with E-state index in [2.05, 4.69) is 0 Å². The van der Waals surface area contributed by atoms with Gasteiger partial charge in [-0.2, -0.15) is 0 Å². The van der Waals surface area contributed by atoms with E-state index in [0.717, 1.165) is 0 Å². The zero-order valence-corrected chi connectivity index (χ0v) is 9.09. The van der Waals surface area contributed by atoms with Crippen molar-refractivity contribution in [1.82, 2.24) is 0 Å². The van der Waals surface area contributed by atoms with E-state index in [4.69, 9.17) is 0 Å². The minimum absolute atomic E-state index is 0.0340. The molecule has 0 bridgehead atoms. The number of carbonyl (C=O) groups excluding carboxylic acids is 1. The van der Waals surface area contributed by atoms with Crippen LogP contribution in [0.3, 0.4) is 0 Å². The highest BCUT2D eigenvalue weighted by Crippen LogP contribution is 2.03. The maximum absolute atomic E-state index is 11.2. The summed E-state index contributed by atoms with van der Waals surface area (Å²) in [7, 11) is 0. The van der Waals surface area contributed by atoms with Gasteiger partial charge in [-0.05, 0) is 12.8 Å². The van der Waals surface area contributed by atoms with Crippen LogP contribution in [0.4, 0.5) is 0 Å². The van der Waals surface area contributed by atoms with Crippen LogP contribution >= 0.6 is 0 Å². The van der Waals surface area contributed by atoms with E-state index in [0.29, 0.717) is 38.5 Å². The van der Waals surface area contributed by atoms with Crippen molar-refractivity contribution < 1.29 is 14.6 Å². The molecule has 7 nitrogen and oxygen atoms in total. The van der Waals surface area contributed by atoms with Gasteiger partial charge in [0.15, 0.2) is 0 Å². The Kier molecular flexibility index (Phi) is 7.92. The normalized spacial score (nSPS) is 10.0. The molecule has 0 radical (unpaired) electrons. The van der Waals surface area contributed by atoms with Crippen LogP contribution in [0.5, 0.6) is 0 Å². The summed E-state index contributed by atoms with van der Waals surface area (Å²) in [4.78, 5) is 30.3. The lowest BCUT2D eigenvalue weighted by molar-refractivity contribution is -0.480. The summed E-state index contributed by atoms with van der Waals surface area (Å²) in [6.45, 7) is -0.205. The van der Waals surface area contributed by atoms with Gasteiger partial charge in [0, 0.05) is 35.5 Å². The molecule has 0 fully saturated rings. The zero-order valence-electron chi connectivity index (χ0n) is 9.09. The monoisotopic (exact) mass is 232 g/mol. The molecule has 0 atom stereocenters. The summed E-state index contributed by atoms with van der Waals surface area (Å²) in [5.74, 6) is 0.0340. The Morgan fingerprint density at radius 2 is 1.19 bits per heavy atom. The first-order valence-corrected chi connectivity index (χ1v) is 5.27. The number of nitrogens with zero attached hydrogens (tertiary/aromatic N) is 2. The van der Waals surface area contributed by atoms with Crippen molar-refractivity contribution >= 4 is 5.78 Å². The highest BCUT2D eigenvalue weighted by atomic mass is 16.6. The molecular formula is C9H16N2O5. The Bertz CT molecular complexity index is 230. The lowest BCUT2D eigenvalue weighted by Gasteiger charge is -1.98. The average Bonchev–Trinajstić information content (AvgIpc) is 2.19. The summed E-state index contributed by atoms with van der Waals surface area (Å²) in [6.07, 6.45) is 2.55. The Labute approximate surface area is 93.1 Å². The molecule has 0 N–H and O–H groups in total. The number of carbonyl (C=O) groups is 1. The third kappa shape index (κ3) is 10.6. The molecule has 0 aliphatic carbocycles. The highest BCUT2D eigenvalue weighted by Gasteiger charge is 2.05. The van der Waals surface area contributed by atoms with Gasteiger partial charge in [-0.25, -0.2) is 0 Å². The van der Waals surface area contributed by atoms with Crippen molar-refractivity contribution in [3.8, 4) is 0 Å². The van der Waals surface area contributed by atoms with E-state index in [-0.39, 0.29) is 18.9 Å². The standard InChI is InChI=1S/C9H16N2O5/c12-9(5-1-3-7-10(13)14)6-2-4-8-11(15)16/h1-8H2. The molecule has 0 saturated carbocycles. The summed E-state index contributed by atoms with van der Waals surface area (Å²) >= 11 is 0. The fourth-order valence-electron chi connectivity index (χ4n) is 1.25. The SMILES string of the molecule is O=C(CCCC[N+](=O)[O-])CCCC[N+](=O)[O-]. The Morgan fingerprint density at radius 1 is 0.812 bits per heavy atom. The van der Waals surface area contributed by atoms with Crippen LogP contribution in [-0.2, 0) is 4.79 Å². The third-order valence-electron chi connectivity index (χ3n) is 2.09. The summed E-state index contributed by atoms with van der Waals surface area (Å²) in [6, 6.07) is 0. The van der Waals surface area contributed by atoms with Crippen molar-refractivity contribution in [2.75, 3.05) is 13.1 Å². The fraction of sp³-hybridized carbons (Fsp3) is 0.889. The lowest BCUT2D eigenvalue weighted by atomic mass is 10.1. The van der Waals surface area contributed by atoms with Crippen molar-refractivity contribution in [2.45, 2.75) is 38.5 Å². The van der Waals surface area contributed by atoms with Gasteiger partial charge >= 0.3 is 0 Å². The molecule has 0 aliphatic rings. The van der Waals surface area contributed by atoms with E-state index in [1.54, 1.807) is 0 Å². The molecule has 7 heteroatoms. The summed E-state index contributed by atoms with van der Waals surface area (Å²) in [5.41, 5.74) is 0. The van der Waals surface area contributed by atoms with Crippen LogP contribution in [0.1, 0.15) is 38.5 Å². The van der Waals surface area contributed by atoms with E-state index in [1.165, 1.54) is 0 Å². The van der Waals surface area contributed by atoms with Crippen molar-refractivity contribution in [2.24, 2.45) is 0 Å². The zero-order chi connectivity index (χ0) is 12.4. The first-order chi connectivity index (χ1) is 7.52. The Balaban J connectivity index is 3.31. The van der Waals surface area contributed by atoms with Crippen molar-refractivity contribution in [3.63, 3.8) is 0 Å². The number of unbranched alkanes of at least 4 members (excludes halogenated alkanes) is 2. The molecule has 16 heavy (non-hydrogen) atoms. The quantitative estimate of drug-likeness (QED) is 0.322. The summed E-state index contributed by atoms with van der Waals surface area (Å²) < 4.78 is 0. The maximum atomic E-state index is 11.2. The second-order valence-corrected chi connectivity index (χ2v) is 3.57. The number of Topliss-reactive ketones (excluding diaryl/α,β-unsaturated/α-hetero) is 1. The minimum atomic E-state index is -0.401. The maximum Gasteiger partial charge on any atom is 0.203 e. The topological polar surface area (TPSA) is 103 Å². The molecular weight excluding hydrogens is 216 g/mol. The third-order valence-corrected chi connectivity index (χ3v) is 2.09. The van der Waals surface area contributed by atoms with Gasteiger partial charge in [0.05, 0.1) is 0 Å². The minimum Gasteiger partial charge on any atom is -0.300 e. The van der Waals surface area contributed by atoms with Crippen LogP contribution < -0.4 is 0 Å². The summed E-state index contributed by atoms with van der Waals surface area (Å²) in [5, 5.41) is 20.0. The number of nitro groups is 2. The second kappa shape index (κ2) is 8.75. The van der Waals surface area contributed by atoms with Gasteiger partial charge in [-0.15, -0.1) is 0 Å². The van der Waals surface area contributed by atoms with Crippen LogP contribution in [0.15, 0.2) is 0 Å². The molecule has 92 valence electrons. The van der Waals surface area contributed by atoms with Crippen LogP contribution in [-0.4, -0.2) is 28.7 Å². The number of ketones is 1. The lowest BCUT2D eigenvalue weighted by Crippen LogP contribution is -2.04. The van der Waals surface area contributed by atoms with Gasteiger partial charge < -0.3 is 0 Å². The number of hydrogen-bond donors (Lipinski definition) is 0. The van der Waals surface area contributed by atoms with Crippen LogP contribution in [0.2, 0.25) is 0 Å². The molecule has 0 heterocycles. The molecule has 0 rings (SSSR count). The van der Waals surface area contributed by atoms with Crippen molar-refractivity contribution in [1.29, 1.82) is 0 Å². The predicted octanol–water partition coefficient (Wildman–Crippen LogP) is 1.45. The predicted molar refractivity (Wildman–Crippen MR) is 56.4 cm³/mol. The van der Waals surface area contributed by atoms with E-state index in [1.807, 2.05) is 0 Å². The van der Waals surface area contributed by atoms with Gasteiger partial charge in [-0.1, -0.05) is 0 Å². The Hall–Kier alpha value is -1.53. The average molecular weight is 232 g/mol. The molecule has 0 saturated heterocycles. The van der Waals surface area contributed by atoms with E-state index in [9.17, 15) is 25.0 Å². The van der Waals surface area contributed by atoms with Gasteiger partial charge in [0.25, 0.3) is 0 Å². The van der Waals surface area contributed by atoms with Crippen LogP contribution in [0.25, 0.3) is 0 Å². The smallest absolute Gasteiger partial charge is 0.203 e. The molecule has 0 spiro atoms. The van der Waals surface area contributed by atoms with Crippen LogP contribution in [0, 0.1) is 20.2 Å². The highest BCUT2D eigenvalue weighted by molar-refractivity contribution is 5.78. The van der Waals surface area contributed by atoms with Gasteiger partial charge in [0.2, 0.25) is 13.1 Å².